The molecule has 0 saturated heterocycles. The molecule has 0 unspecified atom stereocenters. The quantitative estimate of drug-likeness (QED) is 0.506. The first-order valence-electron chi connectivity index (χ1n) is 8.53. The Kier molecular flexibility index (Phi) is 4.63. The molecule has 0 aliphatic carbocycles. The summed E-state index contributed by atoms with van der Waals surface area (Å²) < 4.78 is 39.6. The lowest BCUT2D eigenvalue weighted by Gasteiger charge is -2.10. The molecule has 3 heterocycles. The Labute approximate surface area is 163 Å². The van der Waals surface area contributed by atoms with Crippen molar-refractivity contribution in [3.63, 3.8) is 0 Å². The van der Waals surface area contributed by atoms with Crippen LogP contribution in [0.2, 0.25) is 0 Å². The number of hydrogen-bond acceptors (Lipinski definition) is 3. The number of hydrogen-bond donors (Lipinski definition) is 2. The smallest absolute Gasteiger partial charge is 0.308 e. The monoisotopic (exact) mass is 397 g/mol. The SMILES string of the molecule is O=C(Nc1ccc(C(F)(F)F)cc1)Nc1ccc(-n2ccc3ccncc32)nc1. The number of aromatic nitrogens is 3. The highest BCUT2D eigenvalue weighted by atomic mass is 19.4. The van der Waals surface area contributed by atoms with Gasteiger partial charge in [0.2, 0.25) is 0 Å². The molecule has 3 aromatic heterocycles. The van der Waals surface area contributed by atoms with Gasteiger partial charge in [0.05, 0.1) is 29.2 Å². The standard InChI is InChI=1S/C20H14F3N5O/c21-20(22,23)14-1-3-15(4-2-14)26-19(29)27-16-5-6-18(25-11-16)28-10-8-13-7-9-24-12-17(13)28/h1-12H,(H2,26,27,29). The van der Waals surface area contributed by atoms with Crippen LogP contribution < -0.4 is 10.6 Å². The van der Waals surface area contributed by atoms with E-state index in [4.69, 9.17) is 0 Å². The number of benzene rings is 1. The number of anilines is 2. The largest absolute Gasteiger partial charge is 0.416 e. The number of rotatable bonds is 3. The molecule has 0 bridgehead atoms. The predicted molar refractivity (Wildman–Crippen MR) is 103 cm³/mol. The second-order valence-electron chi connectivity index (χ2n) is 6.18. The van der Waals surface area contributed by atoms with Crippen LogP contribution in [-0.2, 0) is 6.18 Å². The number of nitrogens with one attached hydrogen (secondary N) is 2. The van der Waals surface area contributed by atoms with Crippen LogP contribution in [0.3, 0.4) is 0 Å². The van der Waals surface area contributed by atoms with Gasteiger partial charge in [-0.25, -0.2) is 9.78 Å². The van der Waals surface area contributed by atoms with Gasteiger partial charge in [-0.1, -0.05) is 0 Å². The van der Waals surface area contributed by atoms with Crippen molar-refractivity contribution in [3.8, 4) is 5.82 Å². The maximum atomic E-state index is 12.6. The molecular formula is C20H14F3N5O. The molecule has 6 nitrogen and oxygen atoms in total. The molecule has 0 fully saturated rings. The fourth-order valence-corrected chi connectivity index (χ4v) is 2.81. The molecule has 0 atom stereocenters. The maximum Gasteiger partial charge on any atom is 0.416 e. The first-order valence-corrected chi connectivity index (χ1v) is 8.53. The Bertz CT molecular complexity index is 1150. The fourth-order valence-electron chi connectivity index (χ4n) is 2.81. The fraction of sp³-hybridized carbons (Fsp3) is 0.0500. The van der Waals surface area contributed by atoms with Crippen LogP contribution in [0.4, 0.5) is 29.3 Å². The van der Waals surface area contributed by atoms with E-state index >= 15 is 0 Å². The molecule has 9 heteroatoms. The van der Waals surface area contributed by atoms with Gasteiger partial charge < -0.3 is 10.6 Å². The third-order valence-electron chi connectivity index (χ3n) is 4.22. The first kappa shape index (κ1) is 18.5. The van der Waals surface area contributed by atoms with Gasteiger partial charge in [0.15, 0.2) is 0 Å². The minimum absolute atomic E-state index is 0.242. The lowest BCUT2D eigenvalue weighted by Crippen LogP contribution is -2.19. The summed E-state index contributed by atoms with van der Waals surface area (Å²) in [4.78, 5) is 20.5. The van der Waals surface area contributed by atoms with Crippen LogP contribution in [0.5, 0.6) is 0 Å². The van der Waals surface area contributed by atoms with Crippen molar-refractivity contribution < 1.29 is 18.0 Å². The normalized spacial score (nSPS) is 11.4. The number of carbonyl (C=O) groups excluding carboxylic acids is 1. The van der Waals surface area contributed by atoms with Gasteiger partial charge in [0.1, 0.15) is 5.82 Å². The summed E-state index contributed by atoms with van der Waals surface area (Å²) in [5.74, 6) is 0.654. The molecule has 1 aromatic carbocycles. The second-order valence-corrected chi connectivity index (χ2v) is 6.18. The number of nitrogens with zero attached hydrogens (tertiary/aromatic N) is 3. The van der Waals surface area contributed by atoms with Crippen molar-refractivity contribution in [2.24, 2.45) is 0 Å². The Balaban J connectivity index is 1.43. The number of alkyl halides is 3. The average molecular weight is 397 g/mol. The molecule has 0 radical (unpaired) electrons. The third-order valence-corrected chi connectivity index (χ3v) is 4.22. The highest BCUT2D eigenvalue weighted by Crippen LogP contribution is 2.29. The van der Waals surface area contributed by atoms with Crippen LogP contribution in [0.1, 0.15) is 5.56 Å². The summed E-state index contributed by atoms with van der Waals surface area (Å²) in [5, 5.41) is 6.09. The number of pyridine rings is 2. The van der Waals surface area contributed by atoms with Crippen molar-refractivity contribution in [1.29, 1.82) is 0 Å². The van der Waals surface area contributed by atoms with E-state index in [0.717, 1.165) is 23.0 Å². The van der Waals surface area contributed by atoms with E-state index in [-0.39, 0.29) is 5.69 Å². The zero-order valence-corrected chi connectivity index (χ0v) is 14.8. The summed E-state index contributed by atoms with van der Waals surface area (Å²) in [5.41, 5.74) is 0.802. The van der Waals surface area contributed by atoms with Crippen LogP contribution in [0, 0.1) is 0 Å². The molecule has 4 rings (SSSR count). The van der Waals surface area contributed by atoms with Crippen molar-refractivity contribution in [3.05, 3.63) is 78.9 Å². The van der Waals surface area contributed by atoms with Gasteiger partial charge in [0.25, 0.3) is 0 Å². The zero-order chi connectivity index (χ0) is 20.4. The first-order chi connectivity index (χ1) is 13.9. The van der Waals surface area contributed by atoms with E-state index in [1.807, 2.05) is 22.9 Å². The minimum Gasteiger partial charge on any atom is -0.308 e. The number of carbonyl (C=O) groups is 1. The van der Waals surface area contributed by atoms with Gasteiger partial charge in [-0.05, 0) is 48.5 Å². The molecule has 0 spiro atoms. The number of amides is 2. The Morgan fingerprint density at radius 2 is 1.62 bits per heavy atom. The molecule has 146 valence electrons. The van der Waals surface area contributed by atoms with Gasteiger partial charge in [0, 0.05) is 23.5 Å². The molecule has 2 amide bonds. The highest BCUT2D eigenvalue weighted by Gasteiger charge is 2.29. The number of urea groups is 1. The van der Waals surface area contributed by atoms with E-state index in [9.17, 15) is 18.0 Å². The topological polar surface area (TPSA) is 71.8 Å². The van der Waals surface area contributed by atoms with Crippen molar-refractivity contribution in [2.45, 2.75) is 6.18 Å². The van der Waals surface area contributed by atoms with Gasteiger partial charge in [-0.15, -0.1) is 0 Å². The van der Waals surface area contributed by atoms with Crippen LogP contribution in [0.25, 0.3) is 16.7 Å². The van der Waals surface area contributed by atoms with E-state index in [0.29, 0.717) is 11.5 Å². The average Bonchev–Trinajstić information content (AvgIpc) is 3.12. The van der Waals surface area contributed by atoms with Crippen molar-refractivity contribution >= 4 is 28.3 Å². The summed E-state index contributed by atoms with van der Waals surface area (Å²) in [7, 11) is 0. The Hall–Kier alpha value is -3.88. The highest BCUT2D eigenvalue weighted by molar-refractivity contribution is 5.99. The molecular weight excluding hydrogens is 383 g/mol. The number of halogens is 3. The van der Waals surface area contributed by atoms with Crippen molar-refractivity contribution in [1.82, 2.24) is 14.5 Å². The lowest BCUT2D eigenvalue weighted by atomic mass is 10.2. The number of fused-ring (bicyclic) bond motifs is 1. The van der Waals surface area contributed by atoms with Gasteiger partial charge in [-0.2, -0.15) is 13.2 Å². The molecule has 4 aromatic rings. The molecule has 2 N–H and O–H groups in total. The molecule has 0 aliphatic heterocycles. The Morgan fingerprint density at radius 3 is 2.31 bits per heavy atom. The minimum atomic E-state index is -4.42. The molecule has 0 saturated carbocycles. The van der Waals surface area contributed by atoms with E-state index < -0.39 is 17.8 Å². The van der Waals surface area contributed by atoms with E-state index in [2.05, 4.69) is 20.6 Å². The zero-order valence-electron chi connectivity index (χ0n) is 14.8. The van der Waals surface area contributed by atoms with Crippen molar-refractivity contribution in [2.75, 3.05) is 10.6 Å². The van der Waals surface area contributed by atoms with E-state index in [1.165, 1.54) is 18.3 Å². The summed E-state index contributed by atoms with van der Waals surface area (Å²) in [6, 6.07) is 10.9. The van der Waals surface area contributed by atoms with Crippen LogP contribution >= 0.6 is 0 Å². The summed E-state index contributed by atoms with van der Waals surface area (Å²) in [6.07, 6.45) is 2.39. The van der Waals surface area contributed by atoms with E-state index in [1.54, 1.807) is 24.5 Å². The van der Waals surface area contributed by atoms with Gasteiger partial charge >= 0.3 is 12.2 Å². The third kappa shape index (κ3) is 4.03. The second kappa shape index (κ2) is 7.27. The molecule has 29 heavy (non-hydrogen) atoms. The maximum absolute atomic E-state index is 12.6. The van der Waals surface area contributed by atoms with Gasteiger partial charge in [-0.3, -0.25) is 9.55 Å². The predicted octanol–water partition coefficient (Wildman–Crippen LogP) is 5.08. The van der Waals surface area contributed by atoms with Crippen LogP contribution in [0.15, 0.2) is 73.3 Å². The Morgan fingerprint density at radius 1 is 0.897 bits per heavy atom. The lowest BCUT2D eigenvalue weighted by molar-refractivity contribution is -0.137. The van der Waals surface area contributed by atoms with Crippen LogP contribution in [-0.4, -0.2) is 20.6 Å². The molecule has 0 aliphatic rings. The summed E-state index contributed by atoms with van der Waals surface area (Å²) >= 11 is 0. The summed E-state index contributed by atoms with van der Waals surface area (Å²) in [6.45, 7) is 0.